The summed E-state index contributed by atoms with van der Waals surface area (Å²) in [5.74, 6) is 0.414. The van der Waals surface area contributed by atoms with Crippen LogP contribution in [-0.4, -0.2) is 16.2 Å². The van der Waals surface area contributed by atoms with Gasteiger partial charge in [-0.05, 0) is 24.3 Å². The van der Waals surface area contributed by atoms with E-state index in [0.717, 1.165) is 5.69 Å². The third kappa shape index (κ3) is 2.56. The van der Waals surface area contributed by atoms with E-state index in [2.05, 4.69) is 20.5 Å². The van der Waals surface area contributed by atoms with Crippen molar-refractivity contribution in [2.75, 3.05) is 5.43 Å². The van der Waals surface area contributed by atoms with Crippen LogP contribution in [0.2, 0.25) is 0 Å². The number of benzene rings is 2. The van der Waals surface area contributed by atoms with Crippen molar-refractivity contribution < 1.29 is 0 Å². The summed E-state index contributed by atoms with van der Waals surface area (Å²) in [5.41, 5.74) is 4.22. The zero-order valence-electron chi connectivity index (χ0n) is 10.6. The number of aromatic nitrogens is 2. The lowest BCUT2D eigenvalue weighted by atomic mass is 10.2. The first-order valence-electron chi connectivity index (χ1n) is 6.16. The van der Waals surface area contributed by atoms with Crippen molar-refractivity contribution in [1.82, 2.24) is 9.97 Å². The number of anilines is 1. The molecule has 20 heavy (non-hydrogen) atoms. The molecule has 0 unspecified atom stereocenters. The van der Waals surface area contributed by atoms with E-state index in [9.17, 15) is 4.79 Å². The minimum absolute atomic E-state index is 0.170. The highest BCUT2D eigenvalue weighted by Crippen LogP contribution is 2.06. The van der Waals surface area contributed by atoms with Gasteiger partial charge in [0.15, 0.2) is 5.82 Å². The maximum Gasteiger partial charge on any atom is 0.259 e. The molecule has 0 bridgehead atoms. The summed E-state index contributed by atoms with van der Waals surface area (Å²) < 4.78 is 0. The second-order valence-electron chi connectivity index (χ2n) is 4.20. The number of para-hydroxylation sites is 2. The van der Waals surface area contributed by atoms with Gasteiger partial charge in [-0.1, -0.05) is 30.3 Å². The summed E-state index contributed by atoms with van der Waals surface area (Å²) in [6, 6.07) is 16.7. The van der Waals surface area contributed by atoms with E-state index >= 15 is 0 Å². The average molecular weight is 264 g/mol. The number of H-pyrrole nitrogens is 1. The molecule has 0 aliphatic heterocycles. The maximum absolute atomic E-state index is 11.9. The monoisotopic (exact) mass is 264 g/mol. The largest absolute Gasteiger partial charge is 0.305 e. The Morgan fingerprint density at radius 2 is 1.80 bits per heavy atom. The standard InChI is InChI=1S/C15H12N4O/c20-15-12-8-4-5-9-13(12)17-14(18-15)10-16-19-11-6-2-1-3-7-11/h1-10,19H,(H,17,18,20). The van der Waals surface area contributed by atoms with Gasteiger partial charge in [0.25, 0.3) is 5.56 Å². The third-order valence-corrected chi connectivity index (χ3v) is 2.79. The van der Waals surface area contributed by atoms with Crippen LogP contribution in [0, 0.1) is 0 Å². The fraction of sp³-hybridized carbons (Fsp3) is 0. The number of fused-ring (bicyclic) bond motifs is 1. The fourth-order valence-electron chi connectivity index (χ4n) is 1.85. The van der Waals surface area contributed by atoms with Crippen molar-refractivity contribution in [1.29, 1.82) is 0 Å². The zero-order chi connectivity index (χ0) is 13.8. The second-order valence-corrected chi connectivity index (χ2v) is 4.20. The molecule has 3 aromatic rings. The Morgan fingerprint density at radius 3 is 2.65 bits per heavy atom. The summed E-state index contributed by atoms with van der Waals surface area (Å²) in [5, 5.41) is 4.62. The lowest BCUT2D eigenvalue weighted by Crippen LogP contribution is -2.11. The highest BCUT2D eigenvalue weighted by atomic mass is 16.1. The molecule has 0 saturated heterocycles. The van der Waals surface area contributed by atoms with Gasteiger partial charge in [0, 0.05) is 0 Å². The fourth-order valence-corrected chi connectivity index (χ4v) is 1.85. The van der Waals surface area contributed by atoms with Crippen molar-refractivity contribution in [3.63, 3.8) is 0 Å². The van der Waals surface area contributed by atoms with Gasteiger partial charge < -0.3 is 4.98 Å². The van der Waals surface area contributed by atoms with Gasteiger partial charge in [-0.25, -0.2) is 4.98 Å². The molecule has 5 nitrogen and oxygen atoms in total. The second kappa shape index (κ2) is 5.36. The number of nitrogens with zero attached hydrogens (tertiary/aromatic N) is 2. The van der Waals surface area contributed by atoms with Crippen molar-refractivity contribution in [2.45, 2.75) is 0 Å². The molecule has 0 radical (unpaired) electrons. The number of rotatable bonds is 3. The molecule has 3 rings (SSSR count). The molecule has 0 atom stereocenters. The Morgan fingerprint density at radius 1 is 1.05 bits per heavy atom. The molecule has 1 aromatic heterocycles. The van der Waals surface area contributed by atoms with E-state index in [1.165, 1.54) is 6.21 Å². The Bertz CT molecular complexity index is 809. The Hall–Kier alpha value is -2.95. The van der Waals surface area contributed by atoms with E-state index in [-0.39, 0.29) is 5.56 Å². The van der Waals surface area contributed by atoms with Crippen LogP contribution in [0.4, 0.5) is 5.69 Å². The minimum Gasteiger partial charge on any atom is -0.305 e. The molecule has 2 N–H and O–H groups in total. The first-order valence-corrected chi connectivity index (χ1v) is 6.16. The first-order chi connectivity index (χ1) is 9.83. The van der Waals surface area contributed by atoms with Gasteiger partial charge in [0.05, 0.1) is 22.8 Å². The smallest absolute Gasteiger partial charge is 0.259 e. The highest BCUT2D eigenvalue weighted by molar-refractivity contribution is 5.82. The maximum atomic E-state index is 11.9. The topological polar surface area (TPSA) is 70.1 Å². The zero-order valence-corrected chi connectivity index (χ0v) is 10.6. The molecule has 0 aliphatic rings. The summed E-state index contributed by atoms with van der Waals surface area (Å²) >= 11 is 0. The number of nitrogens with one attached hydrogen (secondary N) is 2. The molecule has 0 amide bonds. The van der Waals surface area contributed by atoms with Crippen molar-refractivity contribution in [3.8, 4) is 0 Å². The Kier molecular flexibility index (Phi) is 3.24. The normalized spacial score (nSPS) is 11.0. The van der Waals surface area contributed by atoms with E-state index in [4.69, 9.17) is 0 Å². The molecule has 5 heteroatoms. The van der Waals surface area contributed by atoms with Crippen LogP contribution in [0.25, 0.3) is 10.9 Å². The van der Waals surface area contributed by atoms with Crippen LogP contribution in [0.1, 0.15) is 5.82 Å². The van der Waals surface area contributed by atoms with Gasteiger partial charge in [-0.15, -0.1) is 0 Å². The average Bonchev–Trinajstić information content (AvgIpc) is 2.48. The van der Waals surface area contributed by atoms with Gasteiger partial charge in [-0.3, -0.25) is 10.2 Å². The summed E-state index contributed by atoms with van der Waals surface area (Å²) in [4.78, 5) is 18.9. The summed E-state index contributed by atoms with van der Waals surface area (Å²) in [7, 11) is 0. The molecule has 0 aliphatic carbocycles. The van der Waals surface area contributed by atoms with Gasteiger partial charge in [0.2, 0.25) is 0 Å². The molecule has 0 spiro atoms. The van der Waals surface area contributed by atoms with Crippen molar-refractivity contribution in [2.24, 2.45) is 5.10 Å². The van der Waals surface area contributed by atoms with Crippen LogP contribution in [0.3, 0.4) is 0 Å². The van der Waals surface area contributed by atoms with Crippen molar-refractivity contribution >= 4 is 22.8 Å². The Balaban J connectivity index is 1.86. The quantitative estimate of drug-likeness (QED) is 0.563. The summed E-state index contributed by atoms with van der Waals surface area (Å²) in [6.45, 7) is 0. The van der Waals surface area contributed by atoms with Gasteiger partial charge >= 0.3 is 0 Å². The van der Waals surface area contributed by atoms with E-state index in [1.54, 1.807) is 12.1 Å². The Labute approximate surface area is 115 Å². The third-order valence-electron chi connectivity index (χ3n) is 2.79. The van der Waals surface area contributed by atoms with E-state index < -0.39 is 0 Å². The molecule has 0 saturated carbocycles. The van der Waals surface area contributed by atoms with Crippen LogP contribution >= 0.6 is 0 Å². The minimum atomic E-state index is -0.170. The molecule has 98 valence electrons. The number of hydrazone groups is 1. The van der Waals surface area contributed by atoms with Gasteiger partial charge in [-0.2, -0.15) is 5.10 Å². The van der Waals surface area contributed by atoms with Crippen LogP contribution < -0.4 is 11.0 Å². The molecule has 1 heterocycles. The van der Waals surface area contributed by atoms with Gasteiger partial charge in [0.1, 0.15) is 0 Å². The number of hydrogen-bond acceptors (Lipinski definition) is 4. The van der Waals surface area contributed by atoms with Crippen LogP contribution in [0.5, 0.6) is 0 Å². The predicted octanol–water partition coefficient (Wildman–Crippen LogP) is 2.37. The molecular weight excluding hydrogens is 252 g/mol. The summed E-state index contributed by atoms with van der Waals surface area (Å²) in [6.07, 6.45) is 1.49. The molecular formula is C15H12N4O. The van der Waals surface area contributed by atoms with Crippen molar-refractivity contribution in [3.05, 3.63) is 70.8 Å². The lowest BCUT2D eigenvalue weighted by Gasteiger charge is -1.99. The SMILES string of the molecule is O=c1[nH]c(C=NNc2ccccc2)nc2ccccc12. The number of aromatic amines is 1. The van der Waals surface area contributed by atoms with Crippen LogP contribution in [0.15, 0.2) is 64.5 Å². The van der Waals surface area contributed by atoms with Crippen LogP contribution in [-0.2, 0) is 0 Å². The first kappa shape index (κ1) is 12.1. The highest BCUT2D eigenvalue weighted by Gasteiger charge is 2.00. The number of hydrogen-bond donors (Lipinski definition) is 2. The van der Waals surface area contributed by atoms with E-state index in [0.29, 0.717) is 16.7 Å². The lowest BCUT2D eigenvalue weighted by molar-refractivity contribution is 1.14. The molecule has 2 aromatic carbocycles. The molecule has 0 fully saturated rings. The van der Waals surface area contributed by atoms with E-state index in [1.807, 2.05) is 42.5 Å². The predicted molar refractivity (Wildman–Crippen MR) is 80.0 cm³/mol.